The van der Waals surface area contributed by atoms with Crippen molar-refractivity contribution in [3.63, 3.8) is 0 Å². The average Bonchev–Trinajstić information content (AvgIpc) is 2.55. The van der Waals surface area contributed by atoms with E-state index in [1.54, 1.807) is 0 Å². The Labute approximate surface area is 159 Å². The number of anilines is 3. The Bertz CT molecular complexity index is 861. The van der Waals surface area contributed by atoms with Gasteiger partial charge >= 0.3 is 0 Å². The number of hydrogen-bond acceptors (Lipinski definition) is 1. The molecule has 0 amide bonds. The van der Waals surface area contributed by atoms with Crippen LogP contribution in [0.25, 0.3) is 0 Å². The zero-order valence-electron chi connectivity index (χ0n) is 13.6. The highest BCUT2D eigenvalue weighted by Gasteiger charge is 2.36. The second kappa shape index (κ2) is 5.75. The average molecular weight is 443 g/mol. The van der Waals surface area contributed by atoms with Crippen LogP contribution >= 0.6 is 31.9 Å². The summed E-state index contributed by atoms with van der Waals surface area (Å²) in [4.78, 5) is 2.35. The maximum atomic E-state index is 3.65. The number of benzene rings is 3. The quantitative estimate of drug-likeness (QED) is 0.381. The molecular weight excluding hydrogens is 426 g/mol. The van der Waals surface area contributed by atoms with Gasteiger partial charge < -0.3 is 4.90 Å². The molecule has 1 aliphatic heterocycles. The van der Waals surface area contributed by atoms with Gasteiger partial charge in [0, 0.05) is 20.0 Å². The van der Waals surface area contributed by atoms with E-state index in [0.29, 0.717) is 0 Å². The molecule has 0 fully saturated rings. The standard InChI is InChI=1S/C21H17Br2N/c1-21(2)17-10-8-14(22)12-19(17)24(16-6-4-3-5-7-16)20-13-15(23)9-11-18(20)21/h3-13H,1-2H3. The minimum Gasteiger partial charge on any atom is -0.310 e. The summed E-state index contributed by atoms with van der Waals surface area (Å²) in [5, 5.41) is 0. The molecule has 3 aromatic rings. The summed E-state index contributed by atoms with van der Waals surface area (Å²) in [5.74, 6) is 0. The Hall–Kier alpha value is -1.58. The van der Waals surface area contributed by atoms with Gasteiger partial charge in [-0.05, 0) is 47.5 Å². The third-order valence-electron chi connectivity index (χ3n) is 4.76. The van der Waals surface area contributed by atoms with E-state index in [1.807, 2.05) is 0 Å². The van der Waals surface area contributed by atoms with Crippen LogP contribution in [-0.4, -0.2) is 0 Å². The van der Waals surface area contributed by atoms with E-state index in [-0.39, 0.29) is 5.41 Å². The number of para-hydroxylation sites is 1. The molecule has 0 N–H and O–H groups in total. The number of halogens is 2. The summed E-state index contributed by atoms with van der Waals surface area (Å²) in [6.45, 7) is 4.60. The van der Waals surface area contributed by atoms with Gasteiger partial charge in [-0.2, -0.15) is 0 Å². The van der Waals surface area contributed by atoms with Crippen molar-refractivity contribution in [2.45, 2.75) is 19.3 Å². The van der Waals surface area contributed by atoms with Gasteiger partial charge in [-0.1, -0.05) is 76.0 Å². The van der Waals surface area contributed by atoms with Crippen LogP contribution in [0.2, 0.25) is 0 Å². The first kappa shape index (κ1) is 15.9. The third kappa shape index (κ3) is 2.42. The van der Waals surface area contributed by atoms with Crippen molar-refractivity contribution >= 4 is 48.9 Å². The van der Waals surface area contributed by atoms with Crippen molar-refractivity contribution in [1.82, 2.24) is 0 Å². The lowest BCUT2D eigenvalue weighted by Crippen LogP contribution is -2.30. The summed E-state index contributed by atoms with van der Waals surface area (Å²) in [6, 6.07) is 23.7. The molecule has 24 heavy (non-hydrogen) atoms. The number of hydrogen-bond donors (Lipinski definition) is 0. The van der Waals surface area contributed by atoms with Gasteiger partial charge in [-0.25, -0.2) is 0 Å². The smallest absolute Gasteiger partial charge is 0.0513 e. The maximum Gasteiger partial charge on any atom is 0.0513 e. The molecular formula is C21H17Br2N. The summed E-state index contributed by atoms with van der Waals surface area (Å²) in [6.07, 6.45) is 0. The van der Waals surface area contributed by atoms with Crippen LogP contribution in [-0.2, 0) is 5.41 Å². The van der Waals surface area contributed by atoms with Gasteiger partial charge in [0.05, 0.1) is 11.4 Å². The molecule has 0 saturated heterocycles. The molecule has 3 aromatic carbocycles. The molecule has 4 rings (SSSR count). The Morgan fingerprint density at radius 2 is 1.21 bits per heavy atom. The fourth-order valence-electron chi connectivity index (χ4n) is 3.57. The SMILES string of the molecule is CC1(C)c2ccc(Br)cc2N(c2ccccc2)c2cc(Br)ccc21. The van der Waals surface area contributed by atoms with E-state index < -0.39 is 0 Å². The summed E-state index contributed by atoms with van der Waals surface area (Å²) in [5.41, 5.74) is 6.26. The van der Waals surface area contributed by atoms with E-state index in [4.69, 9.17) is 0 Å². The van der Waals surface area contributed by atoms with Crippen molar-refractivity contribution in [3.05, 3.63) is 86.8 Å². The zero-order valence-corrected chi connectivity index (χ0v) is 16.7. The van der Waals surface area contributed by atoms with E-state index in [0.717, 1.165) is 8.95 Å². The van der Waals surface area contributed by atoms with Crippen LogP contribution < -0.4 is 4.90 Å². The van der Waals surface area contributed by atoms with Gasteiger partial charge in [0.15, 0.2) is 0 Å². The highest BCUT2D eigenvalue weighted by Crippen LogP contribution is 2.52. The number of rotatable bonds is 1. The second-order valence-corrected chi connectivity index (χ2v) is 8.45. The maximum absolute atomic E-state index is 3.65. The minimum atomic E-state index is -0.0443. The van der Waals surface area contributed by atoms with Crippen LogP contribution in [0.4, 0.5) is 17.1 Å². The van der Waals surface area contributed by atoms with Crippen molar-refractivity contribution in [3.8, 4) is 0 Å². The Balaban J connectivity index is 2.08. The normalized spacial score (nSPS) is 14.9. The topological polar surface area (TPSA) is 3.24 Å². The molecule has 120 valence electrons. The van der Waals surface area contributed by atoms with E-state index >= 15 is 0 Å². The molecule has 0 saturated carbocycles. The van der Waals surface area contributed by atoms with E-state index in [9.17, 15) is 0 Å². The lowest BCUT2D eigenvalue weighted by molar-refractivity contribution is 0.631. The molecule has 1 aliphatic rings. The molecule has 3 heteroatoms. The highest BCUT2D eigenvalue weighted by atomic mass is 79.9. The van der Waals surface area contributed by atoms with Gasteiger partial charge in [0.1, 0.15) is 0 Å². The fourth-order valence-corrected chi connectivity index (χ4v) is 4.26. The highest BCUT2D eigenvalue weighted by molar-refractivity contribution is 9.10. The van der Waals surface area contributed by atoms with Gasteiger partial charge in [0.2, 0.25) is 0 Å². The second-order valence-electron chi connectivity index (χ2n) is 6.62. The van der Waals surface area contributed by atoms with Gasteiger partial charge in [-0.15, -0.1) is 0 Å². The summed E-state index contributed by atoms with van der Waals surface area (Å²) >= 11 is 7.29. The Morgan fingerprint density at radius 1 is 0.708 bits per heavy atom. The molecule has 0 aromatic heterocycles. The molecule has 0 atom stereocenters. The van der Waals surface area contributed by atoms with Crippen molar-refractivity contribution in [1.29, 1.82) is 0 Å². The number of fused-ring (bicyclic) bond motifs is 2. The molecule has 0 bridgehead atoms. The first-order chi connectivity index (χ1) is 11.5. The monoisotopic (exact) mass is 441 g/mol. The summed E-state index contributed by atoms with van der Waals surface area (Å²) in [7, 11) is 0. The molecule has 0 spiro atoms. The zero-order chi connectivity index (χ0) is 16.9. The van der Waals surface area contributed by atoms with Crippen molar-refractivity contribution < 1.29 is 0 Å². The van der Waals surface area contributed by atoms with Crippen LogP contribution in [0.5, 0.6) is 0 Å². The molecule has 0 unspecified atom stereocenters. The largest absolute Gasteiger partial charge is 0.310 e. The van der Waals surface area contributed by atoms with E-state index in [2.05, 4.69) is 117 Å². The molecule has 0 aliphatic carbocycles. The van der Waals surface area contributed by atoms with Gasteiger partial charge in [-0.3, -0.25) is 0 Å². The minimum absolute atomic E-state index is 0.0443. The lowest BCUT2D eigenvalue weighted by atomic mass is 9.73. The Morgan fingerprint density at radius 3 is 1.71 bits per heavy atom. The molecule has 1 heterocycles. The van der Waals surface area contributed by atoms with Crippen molar-refractivity contribution in [2.75, 3.05) is 4.90 Å². The number of nitrogens with zero attached hydrogens (tertiary/aromatic N) is 1. The van der Waals surface area contributed by atoms with Crippen LogP contribution in [0.1, 0.15) is 25.0 Å². The first-order valence-electron chi connectivity index (χ1n) is 7.94. The van der Waals surface area contributed by atoms with Crippen LogP contribution in [0.3, 0.4) is 0 Å². The first-order valence-corrected chi connectivity index (χ1v) is 9.52. The predicted octanol–water partition coefficient (Wildman–Crippen LogP) is 7.32. The van der Waals surface area contributed by atoms with Crippen LogP contribution in [0, 0.1) is 0 Å². The third-order valence-corrected chi connectivity index (χ3v) is 5.75. The molecule has 0 radical (unpaired) electrons. The molecule has 1 nitrogen and oxygen atoms in total. The Kier molecular flexibility index (Phi) is 3.81. The van der Waals surface area contributed by atoms with Crippen LogP contribution in [0.15, 0.2) is 75.7 Å². The fraction of sp³-hybridized carbons (Fsp3) is 0.143. The van der Waals surface area contributed by atoms with Crippen molar-refractivity contribution in [2.24, 2.45) is 0 Å². The van der Waals surface area contributed by atoms with E-state index in [1.165, 1.54) is 28.2 Å². The lowest BCUT2D eigenvalue weighted by Gasteiger charge is -2.42. The predicted molar refractivity (Wildman–Crippen MR) is 109 cm³/mol. The summed E-state index contributed by atoms with van der Waals surface area (Å²) < 4.78 is 2.19. The van der Waals surface area contributed by atoms with Gasteiger partial charge in [0.25, 0.3) is 0 Å².